The van der Waals surface area contributed by atoms with Gasteiger partial charge in [0.25, 0.3) is 5.91 Å². The molecule has 0 bridgehead atoms. The van der Waals surface area contributed by atoms with Gasteiger partial charge in [0.05, 0.1) is 12.6 Å². The zero-order valence-electron chi connectivity index (χ0n) is 21.5. The number of carboxylic acids is 1. The molecule has 1 saturated heterocycles. The van der Waals surface area contributed by atoms with Crippen LogP contribution in [0.5, 0.6) is 0 Å². The Kier molecular flexibility index (Phi) is 8.80. The highest BCUT2D eigenvalue weighted by Gasteiger charge is 2.54. The van der Waals surface area contributed by atoms with Gasteiger partial charge in [0.15, 0.2) is 6.10 Å². The molecule has 3 heterocycles. The van der Waals surface area contributed by atoms with E-state index in [1.807, 2.05) is 78.2 Å². The fourth-order valence-electron chi connectivity index (χ4n) is 4.47. The molecule has 12 heteroatoms. The van der Waals surface area contributed by atoms with Crippen LogP contribution in [0.25, 0.3) is 0 Å². The quantitative estimate of drug-likeness (QED) is 0.150. The maximum Gasteiger partial charge on any atom is 0.356 e. The zero-order chi connectivity index (χ0) is 28.8. The standard InChI is InChI=1S/C29H25N3O7S2/c33-22(14-21-12-7-13-40-21)31-24-27(36)32-25(20(17-41-28(24)32)15-30-38-16-23(34)35)29(37)39-26(18-8-3-1-4-9-18)19-10-5-2-6-11-19/h1-13,15,24,26,28H,14,16-17H2,(H,31,33)(H,34,35)/b30-15+/t24-,28-/m1/s1. The average Bonchev–Trinajstić information content (AvgIpc) is 3.50. The van der Waals surface area contributed by atoms with E-state index in [1.165, 1.54) is 34.2 Å². The van der Waals surface area contributed by atoms with Crippen molar-refractivity contribution in [2.45, 2.75) is 23.9 Å². The SMILES string of the molecule is O=C(O)CO/N=C/C1=C(C(=O)OC(c2ccccc2)c2ccccc2)N2C(=O)[C@@H](NC(=O)Cc3cccs3)[C@H]2SC1. The number of carboxylic acid groups (broad SMARTS) is 1. The topological polar surface area (TPSA) is 135 Å². The van der Waals surface area contributed by atoms with Crippen LogP contribution in [0.4, 0.5) is 0 Å². The van der Waals surface area contributed by atoms with Crippen LogP contribution in [0.15, 0.2) is 94.6 Å². The second-order valence-electron chi connectivity index (χ2n) is 9.09. The van der Waals surface area contributed by atoms with Crippen molar-refractivity contribution >= 4 is 53.1 Å². The van der Waals surface area contributed by atoms with Crippen LogP contribution in [0.1, 0.15) is 22.1 Å². The van der Waals surface area contributed by atoms with Crippen LogP contribution in [-0.4, -0.2) is 63.7 Å². The summed E-state index contributed by atoms with van der Waals surface area (Å²) in [6, 6.07) is 21.3. The van der Waals surface area contributed by atoms with Crippen LogP contribution in [0.2, 0.25) is 0 Å². The molecule has 2 aliphatic rings. The third-order valence-corrected chi connectivity index (χ3v) is 8.50. The molecule has 2 N–H and O–H groups in total. The molecule has 0 aliphatic carbocycles. The Labute approximate surface area is 243 Å². The molecule has 2 aromatic carbocycles. The Hall–Kier alpha value is -4.42. The average molecular weight is 592 g/mol. The summed E-state index contributed by atoms with van der Waals surface area (Å²) < 4.78 is 6.04. The van der Waals surface area contributed by atoms with Gasteiger partial charge in [0.1, 0.15) is 17.1 Å². The molecule has 1 fully saturated rings. The lowest BCUT2D eigenvalue weighted by atomic mass is 10.0. The number of esters is 1. The Bertz CT molecular complexity index is 1440. The van der Waals surface area contributed by atoms with Gasteiger partial charge in [-0.1, -0.05) is 71.9 Å². The summed E-state index contributed by atoms with van der Waals surface area (Å²) in [5.41, 5.74) is 1.78. The number of hydrogen-bond donors (Lipinski definition) is 2. The van der Waals surface area contributed by atoms with Crippen molar-refractivity contribution in [1.82, 2.24) is 10.2 Å². The third-order valence-electron chi connectivity index (χ3n) is 6.32. The lowest BCUT2D eigenvalue weighted by Crippen LogP contribution is -2.70. The molecule has 1 aromatic heterocycles. The maximum absolute atomic E-state index is 13.8. The highest BCUT2D eigenvalue weighted by Crippen LogP contribution is 2.41. The van der Waals surface area contributed by atoms with Gasteiger partial charge < -0.3 is 20.0 Å². The van der Waals surface area contributed by atoms with Gasteiger partial charge in [0.2, 0.25) is 12.5 Å². The number of oxime groups is 1. The first kappa shape index (κ1) is 28.1. The number of thiophene rings is 1. The summed E-state index contributed by atoms with van der Waals surface area (Å²) in [6.07, 6.45) is 0.612. The van der Waals surface area contributed by atoms with Crippen molar-refractivity contribution < 1.29 is 33.9 Å². The van der Waals surface area contributed by atoms with Crippen molar-refractivity contribution in [2.24, 2.45) is 5.16 Å². The monoisotopic (exact) mass is 591 g/mol. The molecule has 0 radical (unpaired) electrons. The highest BCUT2D eigenvalue weighted by molar-refractivity contribution is 8.00. The van der Waals surface area contributed by atoms with E-state index in [0.717, 1.165) is 16.0 Å². The first-order valence-corrected chi connectivity index (χ1v) is 14.5. The number of thioether (sulfide) groups is 1. The lowest BCUT2D eigenvalue weighted by Gasteiger charge is -2.49. The number of carbonyl (C=O) groups is 4. The Morgan fingerprint density at radius 2 is 1.73 bits per heavy atom. The zero-order valence-corrected chi connectivity index (χ0v) is 23.2. The Morgan fingerprint density at radius 1 is 1.05 bits per heavy atom. The molecule has 2 amide bonds. The predicted molar refractivity (Wildman–Crippen MR) is 153 cm³/mol. The smallest absolute Gasteiger partial charge is 0.356 e. The van der Waals surface area contributed by atoms with E-state index < -0.39 is 42.0 Å². The summed E-state index contributed by atoms with van der Waals surface area (Å²) in [5.74, 6) is -2.47. The lowest BCUT2D eigenvalue weighted by molar-refractivity contribution is -0.154. The summed E-state index contributed by atoms with van der Waals surface area (Å²) in [4.78, 5) is 57.6. The van der Waals surface area contributed by atoms with E-state index in [1.54, 1.807) is 0 Å². The van der Waals surface area contributed by atoms with Crippen molar-refractivity contribution in [3.8, 4) is 0 Å². The highest BCUT2D eigenvalue weighted by atomic mass is 32.2. The fourth-order valence-corrected chi connectivity index (χ4v) is 6.47. The van der Waals surface area contributed by atoms with Crippen molar-refractivity contribution in [3.05, 3.63) is 105 Å². The summed E-state index contributed by atoms with van der Waals surface area (Å²) in [7, 11) is 0. The number of amides is 2. The van der Waals surface area contributed by atoms with Gasteiger partial charge in [-0.15, -0.1) is 23.1 Å². The van der Waals surface area contributed by atoms with Gasteiger partial charge >= 0.3 is 11.9 Å². The molecule has 210 valence electrons. The number of rotatable bonds is 11. The molecule has 5 rings (SSSR count). The van der Waals surface area contributed by atoms with Crippen molar-refractivity contribution in [2.75, 3.05) is 12.4 Å². The Morgan fingerprint density at radius 3 is 2.34 bits per heavy atom. The second-order valence-corrected chi connectivity index (χ2v) is 11.2. The van der Waals surface area contributed by atoms with E-state index in [4.69, 9.17) is 14.7 Å². The van der Waals surface area contributed by atoms with Crippen LogP contribution in [0, 0.1) is 0 Å². The second kappa shape index (κ2) is 12.8. The van der Waals surface area contributed by atoms with E-state index in [-0.39, 0.29) is 23.8 Å². The first-order chi connectivity index (χ1) is 19.9. The molecular formula is C29H25N3O7S2. The molecule has 2 atom stereocenters. The number of nitrogens with one attached hydrogen (secondary N) is 1. The van der Waals surface area contributed by atoms with Gasteiger partial charge in [-0.2, -0.15) is 0 Å². The third kappa shape index (κ3) is 6.50. The van der Waals surface area contributed by atoms with Crippen molar-refractivity contribution in [3.63, 3.8) is 0 Å². The minimum absolute atomic E-state index is 0.0259. The van der Waals surface area contributed by atoms with E-state index >= 15 is 0 Å². The first-order valence-electron chi connectivity index (χ1n) is 12.6. The summed E-state index contributed by atoms with van der Waals surface area (Å²) in [5, 5.41) is 16.7. The molecule has 0 spiro atoms. The molecular weight excluding hydrogens is 566 g/mol. The maximum atomic E-state index is 13.8. The normalized spacial score (nSPS) is 18.2. The number of nitrogens with zero attached hydrogens (tertiary/aromatic N) is 2. The molecule has 3 aromatic rings. The summed E-state index contributed by atoms with van der Waals surface area (Å²) >= 11 is 2.80. The largest absolute Gasteiger partial charge is 0.479 e. The van der Waals surface area contributed by atoms with Gasteiger partial charge in [-0.05, 0) is 22.6 Å². The molecule has 10 nitrogen and oxygen atoms in total. The van der Waals surface area contributed by atoms with E-state index in [9.17, 15) is 19.2 Å². The fraction of sp³-hybridized carbons (Fsp3) is 0.207. The molecule has 0 unspecified atom stereocenters. The van der Waals surface area contributed by atoms with Crippen LogP contribution in [0.3, 0.4) is 0 Å². The minimum atomic E-state index is -1.21. The van der Waals surface area contributed by atoms with Gasteiger partial charge in [-0.3, -0.25) is 14.5 Å². The van der Waals surface area contributed by atoms with Crippen LogP contribution in [-0.2, 0) is 35.2 Å². The number of aliphatic carboxylic acids is 1. The van der Waals surface area contributed by atoms with Crippen LogP contribution >= 0.6 is 23.1 Å². The number of benzene rings is 2. The van der Waals surface area contributed by atoms with E-state index in [2.05, 4.69) is 10.5 Å². The van der Waals surface area contributed by atoms with Gasteiger partial charge in [-0.25, -0.2) is 9.59 Å². The molecule has 41 heavy (non-hydrogen) atoms. The number of ether oxygens (including phenoxy) is 1. The van der Waals surface area contributed by atoms with Gasteiger partial charge in [0, 0.05) is 16.2 Å². The van der Waals surface area contributed by atoms with Crippen LogP contribution < -0.4 is 5.32 Å². The Balaban J connectivity index is 1.41. The molecule has 0 saturated carbocycles. The predicted octanol–water partition coefficient (Wildman–Crippen LogP) is 3.36. The number of fused-ring (bicyclic) bond motifs is 1. The number of hydrogen-bond acceptors (Lipinski definition) is 9. The minimum Gasteiger partial charge on any atom is -0.479 e. The number of carbonyl (C=O) groups excluding carboxylic acids is 3. The summed E-state index contributed by atoms with van der Waals surface area (Å²) in [6.45, 7) is -0.662. The number of β-lactam (4-membered cyclic amide) rings is 1. The van der Waals surface area contributed by atoms with E-state index in [0.29, 0.717) is 5.57 Å². The molecule has 2 aliphatic heterocycles. The van der Waals surface area contributed by atoms with Crippen molar-refractivity contribution in [1.29, 1.82) is 0 Å².